The van der Waals surface area contributed by atoms with E-state index in [0.717, 1.165) is 5.56 Å². The molecule has 30 heavy (non-hydrogen) atoms. The average Bonchev–Trinajstić information content (AvgIpc) is 3.23. The molecule has 7 nitrogen and oxygen atoms in total. The van der Waals surface area contributed by atoms with Crippen LogP contribution >= 0.6 is 23.4 Å². The molecule has 9 heteroatoms. The van der Waals surface area contributed by atoms with Crippen molar-refractivity contribution in [3.63, 3.8) is 0 Å². The predicted molar refractivity (Wildman–Crippen MR) is 117 cm³/mol. The van der Waals surface area contributed by atoms with Crippen LogP contribution in [0.25, 0.3) is 22.3 Å². The Balaban J connectivity index is 1.64. The third-order valence-electron chi connectivity index (χ3n) is 4.33. The number of aromatic nitrogens is 4. The zero-order chi connectivity index (χ0) is 21.1. The second-order valence-corrected chi connectivity index (χ2v) is 7.64. The standard InChI is InChI=1S/C21H17ClN4O3S/c1-3-10-26-20(27)14-9-8-13(22)11-16(14)23-21(26)30-12-18-24-19(25-29-18)15-6-4-5-7-17(15)28-2/h3-9,11H,1,10,12H2,2H3. The number of fused-ring (bicyclic) bond motifs is 1. The van der Waals surface area contributed by atoms with Gasteiger partial charge in [-0.1, -0.05) is 46.7 Å². The number of allylic oxidation sites excluding steroid dienone is 1. The number of hydrogen-bond donors (Lipinski definition) is 0. The summed E-state index contributed by atoms with van der Waals surface area (Å²) in [5.41, 5.74) is 1.12. The molecule has 0 saturated carbocycles. The van der Waals surface area contributed by atoms with Crippen molar-refractivity contribution in [2.24, 2.45) is 0 Å². The maximum atomic E-state index is 12.9. The molecule has 0 unspecified atom stereocenters. The van der Waals surface area contributed by atoms with Gasteiger partial charge in [-0.2, -0.15) is 4.98 Å². The van der Waals surface area contributed by atoms with Gasteiger partial charge in [0, 0.05) is 11.6 Å². The van der Waals surface area contributed by atoms with Crippen LogP contribution in [0, 0.1) is 0 Å². The maximum absolute atomic E-state index is 12.9. The number of hydrogen-bond acceptors (Lipinski definition) is 7. The molecule has 2 aromatic carbocycles. The van der Waals surface area contributed by atoms with Gasteiger partial charge in [0.2, 0.25) is 11.7 Å². The lowest BCUT2D eigenvalue weighted by atomic mass is 10.2. The quantitative estimate of drug-likeness (QED) is 0.236. The number of nitrogens with zero attached hydrogens (tertiary/aromatic N) is 4. The normalized spacial score (nSPS) is 11.0. The Morgan fingerprint density at radius 1 is 1.27 bits per heavy atom. The van der Waals surface area contributed by atoms with Crippen LogP contribution in [-0.4, -0.2) is 26.8 Å². The summed E-state index contributed by atoms with van der Waals surface area (Å²) >= 11 is 7.39. The molecule has 0 N–H and O–H groups in total. The van der Waals surface area contributed by atoms with Crippen molar-refractivity contribution in [2.45, 2.75) is 17.5 Å². The highest BCUT2D eigenvalue weighted by molar-refractivity contribution is 7.98. The van der Waals surface area contributed by atoms with Gasteiger partial charge in [0.1, 0.15) is 5.75 Å². The molecule has 0 bridgehead atoms. The summed E-state index contributed by atoms with van der Waals surface area (Å²) in [7, 11) is 1.59. The molecule has 2 heterocycles. The lowest BCUT2D eigenvalue weighted by molar-refractivity contribution is 0.390. The number of para-hydroxylation sites is 1. The summed E-state index contributed by atoms with van der Waals surface area (Å²) < 4.78 is 12.3. The number of benzene rings is 2. The van der Waals surface area contributed by atoms with Gasteiger partial charge in [-0.3, -0.25) is 9.36 Å². The lowest BCUT2D eigenvalue weighted by Gasteiger charge is -2.10. The number of halogens is 1. The van der Waals surface area contributed by atoms with E-state index >= 15 is 0 Å². The first kappa shape index (κ1) is 20.2. The molecule has 152 valence electrons. The van der Waals surface area contributed by atoms with Crippen LogP contribution in [0.5, 0.6) is 5.75 Å². The molecule has 0 spiro atoms. The van der Waals surface area contributed by atoms with Crippen molar-refractivity contribution in [1.82, 2.24) is 19.7 Å². The summed E-state index contributed by atoms with van der Waals surface area (Å²) in [6.45, 7) is 4.07. The van der Waals surface area contributed by atoms with Gasteiger partial charge in [0.05, 0.1) is 29.3 Å². The Kier molecular flexibility index (Phi) is 5.87. The van der Waals surface area contributed by atoms with Crippen molar-refractivity contribution < 1.29 is 9.26 Å². The molecule has 0 saturated heterocycles. The minimum Gasteiger partial charge on any atom is -0.496 e. The van der Waals surface area contributed by atoms with Crippen molar-refractivity contribution >= 4 is 34.3 Å². The molecule has 0 atom stereocenters. The Labute approximate surface area is 181 Å². The van der Waals surface area contributed by atoms with E-state index in [1.165, 1.54) is 11.8 Å². The fourth-order valence-electron chi connectivity index (χ4n) is 2.95. The molecular formula is C21H17ClN4O3S. The van der Waals surface area contributed by atoms with E-state index in [2.05, 4.69) is 21.7 Å². The van der Waals surface area contributed by atoms with Crippen molar-refractivity contribution in [2.75, 3.05) is 7.11 Å². The summed E-state index contributed by atoms with van der Waals surface area (Å²) in [5.74, 6) is 1.85. The van der Waals surface area contributed by atoms with Crippen LogP contribution in [0.3, 0.4) is 0 Å². The average molecular weight is 441 g/mol. The van der Waals surface area contributed by atoms with Gasteiger partial charge in [-0.15, -0.1) is 6.58 Å². The van der Waals surface area contributed by atoms with E-state index in [9.17, 15) is 4.79 Å². The van der Waals surface area contributed by atoms with Crippen LogP contribution < -0.4 is 10.3 Å². The van der Waals surface area contributed by atoms with Gasteiger partial charge in [-0.25, -0.2) is 4.98 Å². The van der Waals surface area contributed by atoms with Crippen molar-refractivity contribution in [3.05, 3.63) is 76.4 Å². The van der Waals surface area contributed by atoms with Gasteiger partial charge in [0.25, 0.3) is 5.56 Å². The van der Waals surface area contributed by atoms with Crippen LogP contribution in [0.15, 0.2) is 69.6 Å². The minimum absolute atomic E-state index is 0.153. The molecule has 2 aromatic heterocycles. The fourth-order valence-corrected chi connectivity index (χ4v) is 3.97. The SMILES string of the molecule is C=CCn1c(SCc2nc(-c3ccccc3OC)no2)nc2cc(Cl)ccc2c1=O. The molecule has 0 fully saturated rings. The summed E-state index contributed by atoms with van der Waals surface area (Å²) in [5, 5.41) is 5.58. The minimum atomic E-state index is -0.153. The van der Waals surface area contributed by atoms with E-state index in [0.29, 0.717) is 50.8 Å². The van der Waals surface area contributed by atoms with E-state index in [1.807, 2.05) is 24.3 Å². The van der Waals surface area contributed by atoms with Gasteiger partial charge < -0.3 is 9.26 Å². The third kappa shape index (κ3) is 3.96. The lowest BCUT2D eigenvalue weighted by Crippen LogP contribution is -2.22. The molecule has 0 aliphatic rings. The van der Waals surface area contributed by atoms with Crippen LogP contribution in [-0.2, 0) is 12.3 Å². The van der Waals surface area contributed by atoms with Crippen molar-refractivity contribution in [3.8, 4) is 17.1 Å². The van der Waals surface area contributed by atoms with Crippen molar-refractivity contribution in [1.29, 1.82) is 0 Å². The second-order valence-electron chi connectivity index (χ2n) is 6.26. The topological polar surface area (TPSA) is 83.0 Å². The van der Waals surface area contributed by atoms with Gasteiger partial charge in [0.15, 0.2) is 5.16 Å². The van der Waals surface area contributed by atoms with Crippen LogP contribution in [0.1, 0.15) is 5.89 Å². The Bertz CT molecular complexity index is 1280. The number of rotatable bonds is 7. The maximum Gasteiger partial charge on any atom is 0.262 e. The predicted octanol–water partition coefficient (Wildman–Crippen LogP) is 4.59. The monoisotopic (exact) mass is 440 g/mol. The number of thioether (sulfide) groups is 1. The highest BCUT2D eigenvalue weighted by Gasteiger charge is 2.16. The van der Waals surface area contributed by atoms with Gasteiger partial charge >= 0.3 is 0 Å². The molecule has 0 amide bonds. The highest BCUT2D eigenvalue weighted by Crippen LogP contribution is 2.28. The Morgan fingerprint density at radius 3 is 2.90 bits per heavy atom. The first-order valence-corrected chi connectivity index (χ1v) is 10.4. The highest BCUT2D eigenvalue weighted by atomic mass is 35.5. The summed E-state index contributed by atoms with van der Waals surface area (Å²) in [6, 6.07) is 12.5. The first-order valence-electron chi connectivity index (χ1n) is 9.00. The molecular weight excluding hydrogens is 424 g/mol. The van der Waals surface area contributed by atoms with E-state index < -0.39 is 0 Å². The molecule has 0 aliphatic carbocycles. The van der Waals surface area contributed by atoms with E-state index in [4.69, 9.17) is 20.9 Å². The van der Waals surface area contributed by atoms with E-state index in [-0.39, 0.29) is 5.56 Å². The van der Waals surface area contributed by atoms with Crippen LogP contribution in [0.2, 0.25) is 5.02 Å². The second kappa shape index (κ2) is 8.73. The molecule has 4 rings (SSSR count). The molecule has 0 aliphatic heterocycles. The third-order valence-corrected chi connectivity index (χ3v) is 5.53. The Morgan fingerprint density at radius 2 is 2.10 bits per heavy atom. The van der Waals surface area contributed by atoms with E-state index in [1.54, 1.807) is 36.0 Å². The zero-order valence-electron chi connectivity index (χ0n) is 16.0. The van der Waals surface area contributed by atoms with Gasteiger partial charge in [-0.05, 0) is 30.3 Å². The fraction of sp³-hybridized carbons (Fsp3) is 0.143. The smallest absolute Gasteiger partial charge is 0.262 e. The molecule has 0 radical (unpaired) electrons. The number of ether oxygens (including phenoxy) is 1. The zero-order valence-corrected chi connectivity index (χ0v) is 17.6. The number of methoxy groups -OCH3 is 1. The summed E-state index contributed by atoms with van der Waals surface area (Å²) in [6.07, 6.45) is 1.65. The summed E-state index contributed by atoms with van der Waals surface area (Å²) in [4.78, 5) is 21.9. The van der Waals surface area contributed by atoms with Crippen LogP contribution in [0.4, 0.5) is 0 Å². The Hall–Kier alpha value is -3.10. The largest absolute Gasteiger partial charge is 0.496 e. The first-order chi connectivity index (χ1) is 14.6. The molecule has 4 aromatic rings.